The second-order valence-corrected chi connectivity index (χ2v) is 7.15. The summed E-state index contributed by atoms with van der Waals surface area (Å²) >= 11 is 0. The van der Waals surface area contributed by atoms with E-state index in [1.54, 1.807) is 32.1 Å². The molecule has 0 saturated heterocycles. The number of hydrogen-bond acceptors (Lipinski definition) is 0. The maximum atomic E-state index is 2.54. The fourth-order valence-electron chi connectivity index (χ4n) is 6.92. The summed E-state index contributed by atoms with van der Waals surface area (Å²) in [6.07, 6.45) is 8.13. The highest BCUT2D eigenvalue weighted by Crippen LogP contribution is 2.86. The van der Waals surface area contributed by atoms with Crippen LogP contribution >= 0.6 is 0 Å². The zero-order chi connectivity index (χ0) is 9.08. The van der Waals surface area contributed by atoms with Gasteiger partial charge in [0.2, 0.25) is 0 Å². The third-order valence-electron chi connectivity index (χ3n) is 7.30. The van der Waals surface area contributed by atoms with Gasteiger partial charge in [0.05, 0.1) is 0 Å². The third-order valence-corrected chi connectivity index (χ3v) is 7.30. The van der Waals surface area contributed by atoms with E-state index >= 15 is 0 Å². The van der Waals surface area contributed by atoms with Crippen LogP contribution in [-0.2, 0) is 0 Å². The first-order valence-electron chi connectivity index (χ1n) is 6.82. The van der Waals surface area contributed by atoms with Crippen LogP contribution in [0.15, 0.2) is 0 Å². The molecule has 5 aliphatic carbocycles. The summed E-state index contributed by atoms with van der Waals surface area (Å²) in [6.45, 7) is 2.54. The molecule has 0 aromatic rings. The summed E-state index contributed by atoms with van der Waals surface area (Å²) in [5, 5.41) is 0. The zero-order valence-corrected chi connectivity index (χ0v) is 9.08. The molecule has 2 bridgehead atoms. The number of fused-ring (bicyclic) bond motifs is 7. The van der Waals surface area contributed by atoms with Crippen molar-refractivity contribution in [3.63, 3.8) is 0 Å². The van der Waals surface area contributed by atoms with E-state index in [0.717, 1.165) is 11.3 Å². The molecule has 14 heavy (non-hydrogen) atoms. The molecule has 8 unspecified atom stereocenters. The van der Waals surface area contributed by atoms with Crippen molar-refractivity contribution < 1.29 is 0 Å². The molecule has 1 spiro atoms. The number of rotatable bonds is 0. The molecule has 5 fully saturated rings. The fraction of sp³-hybridized carbons (Fsp3) is 1.00. The van der Waals surface area contributed by atoms with Crippen LogP contribution in [-0.4, -0.2) is 0 Å². The van der Waals surface area contributed by atoms with Crippen molar-refractivity contribution in [2.45, 2.75) is 39.0 Å². The Kier molecular flexibility index (Phi) is 0.954. The Hall–Kier alpha value is 0. The summed E-state index contributed by atoms with van der Waals surface area (Å²) < 4.78 is 0. The van der Waals surface area contributed by atoms with Gasteiger partial charge < -0.3 is 0 Å². The van der Waals surface area contributed by atoms with Crippen LogP contribution < -0.4 is 0 Å². The Balaban J connectivity index is 1.62. The molecule has 0 aliphatic heterocycles. The van der Waals surface area contributed by atoms with Crippen molar-refractivity contribution >= 4 is 0 Å². The van der Waals surface area contributed by atoms with E-state index < -0.39 is 0 Å². The molecule has 8 atom stereocenters. The summed E-state index contributed by atoms with van der Waals surface area (Å²) in [5.41, 5.74) is 0.955. The lowest BCUT2D eigenvalue weighted by Gasteiger charge is -2.46. The van der Waals surface area contributed by atoms with E-state index in [4.69, 9.17) is 0 Å². The first-order valence-corrected chi connectivity index (χ1v) is 6.82. The second-order valence-electron chi connectivity index (χ2n) is 7.15. The van der Waals surface area contributed by atoms with E-state index in [9.17, 15) is 0 Å². The average molecular weight is 188 g/mol. The van der Waals surface area contributed by atoms with Crippen LogP contribution in [0.25, 0.3) is 0 Å². The van der Waals surface area contributed by atoms with Crippen molar-refractivity contribution in [2.75, 3.05) is 0 Å². The van der Waals surface area contributed by atoms with E-state index in [1.807, 2.05) is 0 Å². The van der Waals surface area contributed by atoms with Gasteiger partial charge in [-0.15, -0.1) is 0 Å². The van der Waals surface area contributed by atoms with Crippen LogP contribution in [0.5, 0.6) is 0 Å². The molecular formula is C14H20. The Morgan fingerprint density at radius 2 is 1.64 bits per heavy atom. The predicted molar refractivity (Wildman–Crippen MR) is 55.6 cm³/mol. The molecule has 76 valence electrons. The van der Waals surface area contributed by atoms with Crippen molar-refractivity contribution in [2.24, 2.45) is 46.8 Å². The second kappa shape index (κ2) is 1.83. The molecule has 5 aliphatic rings. The van der Waals surface area contributed by atoms with E-state index in [0.29, 0.717) is 0 Å². The molecule has 0 N–H and O–H groups in total. The Morgan fingerprint density at radius 1 is 0.929 bits per heavy atom. The topological polar surface area (TPSA) is 0 Å². The molecule has 0 aromatic carbocycles. The minimum absolute atomic E-state index is 0.955. The quantitative estimate of drug-likeness (QED) is 0.547. The molecule has 5 saturated carbocycles. The van der Waals surface area contributed by atoms with Crippen molar-refractivity contribution in [1.29, 1.82) is 0 Å². The molecule has 0 amide bonds. The largest absolute Gasteiger partial charge is 0.0619 e. The highest BCUT2D eigenvalue weighted by molar-refractivity contribution is 5.28. The lowest BCUT2D eigenvalue weighted by molar-refractivity contribution is 0.0170. The Morgan fingerprint density at radius 3 is 2.36 bits per heavy atom. The van der Waals surface area contributed by atoms with Gasteiger partial charge in [-0.05, 0) is 78.9 Å². The maximum Gasteiger partial charge on any atom is -0.0206 e. The van der Waals surface area contributed by atoms with E-state index in [-0.39, 0.29) is 0 Å². The highest BCUT2D eigenvalue weighted by atomic mass is 14.8. The normalized spacial score (nSPS) is 76.5. The standard InChI is InChI=1S/C14H20/c1-7-4-10-12-8-2-3-9(5-8)13(12)11-6-14(7,10)11/h7-13H,2-6H2,1H3. The maximum absolute atomic E-state index is 2.54. The van der Waals surface area contributed by atoms with Gasteiger partial charge >= 0.3 is 0 Å². The summed E-state index contributed by atoms with van der Waals surface area (Å²) in [4.78, 5) is 0. The van der Waals surface area contributed by atoms with Crippen molar-refractivity contribution in [1.82, 2.24) is 0 Å². The molecule has 0 aromatic heterocycles. The minimum Gasteiger partial charge on any atom is -0.0619 e. The first kappa shape index (κ1) is 7.30. The number of hydrogen-bond donors (Lipinski definition) is 0. The lowest BCUT2D eigenvalue weighted by atomic mass is 9.58. The molecule has 0 heterocycles. The molecule has 5 rings (SSSR count). The van der Waals surface area contributed by atoms with Crippen molar-refractivity contribution in [3.05, 3.63) is 0 Å². The molecule has 0 radical (unpaired) electrons. The molecule has 0 nitrogen and oxygen atoms in total. The monoisotopic (exact) mass is 188 g/mol. The van der Waals surface area contributed by atoms with Gasteiger partial charge in [-0.25, -0.2) is 0 Å². The highest BCUT2D eigenvalue weighted by Gasteiger charge is 2.80. The minimum atomic E-state index is 0.955. The third kappa shape index (κ3) is 0.498. The average Bonchev–Trinajstić information content (AvgIpc) is 2.56. The van der Waals surface area contributed by atoms with Crippen LogP contribution in [0.3, 0.4) is 0 Å². The molecule has 0 heteroatoms. The van der Waals surface area contributed by atoms with Crippen LogP contribution in [0.4, 0.5) is 0 Å². The van der Waals surface area contributed by atoms with Gasteiger partial charge in [0, 0.05) is 0 Å². The van der Waals surface area contributed by atoms with Crippen LogP contribution in [0.1, 0.15) is 39.0 Å². The summed E-state index contributed by atoms with van der Waals surface area (Å²) in [7, 11) is 0. The van der Waals surface area contributed by atoms with E-state index in [2.05, 4.69) is 6.92 Å². The van der Waals surface area contributed by atoms with Crippen LogP contribution in [0, 0.1) is 46.8 Å². The Labute approximate surface area is 86.5 Å². The fourth-order valence-corrected chi connectivity index (χ4v) is 6.92. The van der Waals surface area contributed by atoms with Gasteiger partial charge in [-0.3, -0.25) is 0 Å². The summed E-state index contributed by atoms with van der Waals surface area (Å²) in [5.74, 6) is 8.45. The first-order chi connectivity index (χ1) is 6.82. The van der Waals surface area contributed by atoms with Gasteiger partial charge in [0.15, 0.2) is 0 Å². The smallest absolute Gasteiger partial charge is 0.0206 e. The van der Waals surface area contributed by atoms with E-state index in [1.165, 1.54) is 35.5 Å². The zero-order valence-electron chi connectivity index (χ0n) is 9.08. The van der Waals surface area contributed by atoms with Gasteiger partial charge in [-0.2, -0.15) is 0 Å². The lowest BCUT2D eigenvalue weighted by Crippen LogP contribution is -2.40. The van der Waals surface area contributed by atoms with Gasteiger partial charge in [0.25, 0.3) is 0 Å². The van der Waals surface area contributed by atoms with Gasteiger partial charge in [0.1, 0.15) is 0 Å². The molecular weight excluding hydrogens is 168 g/mol. The summed E-state index contributed by atoms with van der Waals surface area (Å²) in [6, 6.07) is 0. The van der Waals surface area contributed by atoms with Gasteiger partial charge in [-0.1, -0.05) is 6.92 Å². The SMILES string of the molecule is CC1CC2C3C4CCC(C4)C3C3CC123. The van der Waals surface area contributed by atoms with Crippen LogP contribution in [0.2, 0.25) is 0 Å². The predicted octanol–water partition coefficient (Wildman–Crippen LogP) is 3.32. The Bertz CT molecular complexity index is 310. The van der Waals surface area contributed by atoms with Crippen molar-refractivity contribution in [3.8, 4) is 0 Å².